The highest BCUT2D eigenvalue weighted by Crippen LogP contribution is 2.38. The summed E-state index contributed by atoms with van der Waals surface area (Å²) in [6, 6.07) is 17.5. The molecule has 0 aliphatic carbocycles. The van der Waals surface area contributed by atoms with Gasteiger partial charge in [-0.25, -0.2) is 14.6 Å². The number of carbonyl (C=O) groups is 2. The van der Waals surface area contributed by atoms with E-state index in [2.05, 4.69) is 4.99 Å². The number of nitro groups is 1. The molecule has 0 fully saturated rings. The minimum absolute atomic E-state index is 0.0218. The lowest BCUT2D eigenvalue weighted by Gasteiger charge is -2.07. The molecule has 5 rings (SSSR count). The summed E-state index contributed by atoms with van der Waals surface area (Å²) in [4.78, 5) is 40.3. The van der Waals surface area contributed by atoms with Crippen LogP contribution >= 0.6 is 22.9 Å². The Bertz CT molecular complexity index is 1620. The first kappa shape index (κ1) is 23.4. The molecule has 1 aliphatic rings. The second kappa shape index (κ2) is 9.37. The number of esters is 2. The molecule has 0 atom stereocenters. The van der Waals surface area contributed by atoms with Crippen LogP contribution in [0, 0.1) is 17.0 Å². The quantitative estimate of drug-likeness (QED) is 0.100. The molecule has 4 aromatic rings. The summed E-state index contributed by atoms with van der Waals surface area (Å²) in [7, 11) is 0. The van der Waals surface area contributed by atoms with Crippen molar-refractivity contribution in [1.82, 2.24) is 0 Å². The van der Waals surface area contributed by atoms with Crippen LogP contribution in [0.1, 0.15) is 26.4 Å². The van der Waals surface area contributed by atoms with Gasteiger partial charge in [-0.15, -0.1) is 11.3 Å². The van der Waals surface area contributed by atoms with Gasteiger partial charge in [-0.05, 0) is 42.8 Å². The zero-order valence-corrected chi connectivity index (χ0v) is 20.1. The van der Waals surface area contributed by atoms with Gasteiger partial charge in [0.25, 0.3) is 5.69 Å². The second-order valence-electron chi connectivity index (χ2n) is 7.81. The Morgan fingerprint density at radius 3 is 2.64 bits per heavy atom. The Morgan fingerprint density at radius 2 is 1.89 bits per heavy atom. The minimum atomic E-state index is -0.707. The monoisotopic (exact) mass is 518 g/mol. The summed E-state index contributed by atoms with van der Waals surface area (Å²) >= 11 is 7.92. The topological polar surface area (TPSA) is 108 Å². The first-order valence-electron chi connectivity index (χ1n) is 10.6. The Hall–Kier alpha value is -4.34. The Balaban J connectivity index is 1.43. The molecule has 10 heteroatoms. The largest absolute Gasteiger partial charge is 0.422 e. The summed E-state index contributed by atoms with van der Waals surface area (Å²) in [5, 5.41) is 12.1. The molecule has 0 saturated carbocycles. The van der Waals surface area contributed by atoms with Crippen LogP contribution < -0.4 is 4.74 Å². The van der Waals surface area contributed by atoms with E-state index in [1.807, 2.05) is 25.1 Å². The van der Waals surface area contributed by atoms with Gasteiger partial charge >= 0.3 is 11.9 Å². The van der Waals surface area contributed by atoms with Crippen molar-refractivity contribution >= 4 is 62.6 Å². The molecule has 0 spiro atoms. The van der Waals surface area contributed by atoms with E-state index in [9.17, 15) is 19.7 Å². The normalized spacial score (nSPS) is 14.1. The van der Waals surface area contributed by atoms with Gasteiger partial charge in [0.15, 0.2) is 5.70 Å². The fourth-order valence-corrected chi connectivity index (χ4v) is 5.07. The van der Waals surface area contributed by atoms with Crippen LogP contribution in [0.3, 0.4) is 0 Å². The number of nitrogens with zero attached hydrogens (tertiary/aromatic N) is 2. The number of hydrogen-bond acceptors (Lipinski definition) is 8. The number of halogens is 1. The van der Waals surface area contributed by atoms with Crippen molar-refractivity contribution in [3.8, 4) is 5.75 Å². The lowest BCUT2D eigenvalue weighted by molar-refractivity contribution is -0.384. The van der Waals surface area contributed by atoms with Gasteiger partial charge in [0.1, 0.15) is 10.6 Å². The number of aryl methyl sites for hydroxylation is 1. The zero-order valence-electron chi connectivity index (χ0n) is 18.6. The van der Waals surface area contributed by atoms with Gasteiger partial charge in [-0.1, -0.05) is 41.9 Å². The molecule has 0 saturated heterocycles. The zero-order chi connectivity index (χ0) is 25.4. The highest BCUT2D eigenvalue weighted by molar-refractivity contribution is 7.21. The smallest absolute Gasteiger partial charge is 0.363 e. The van der Waals surface area contributed by atoms with Crippen LogP contribution in [-0.2, 0) is 9.53 Å². The van der Waals surface area contributed by atoms with E-state index in [1.54, 1.807) is 24.3 Å². The molecule has 0 N–H and O–H groups in total. The van der Waals surface area contributed by atoms with Gasteiger partial charge in [0, 0.05) is 27.8 Å². The maximum absolute atomic E-state index is 12.6. The molecule has 0 unspecified atom stereocenters. The van der Waals surface area contributed by atoms with Crippen molar-refractivity contribution in [2.75, 3.05) is 0 Å². The van der Waals surface area contributed by atoms with Crippen LogP contribution in [0.5, 0.6) is 5.75 Å². The van der Waals surface area contributed by atoms with E-state index < -0.39 is 16.9 Å². The van der Waals surface area contributed by atoms with Crippen LogP contribution in [0.25, 0.3) is 16.2 Å². The van der Waals surface area contributed by atoms with E-state index in [-0.39, 0.29) is 28.6 Å². The number of benzene rings is 3. The Labute approximate surface area is 213 Å². The van der Waals surface area contributed by atoms with Crippen molar-refractivity contribution in [2.45, 2.75) is 6.92 Å². The van der Waals surface area contributed by atoms with Crippen molar-refractivity contribution in [3.05, 3.63) is 109 Å². The Kier molecular flexibility index (Phi) is 6.09. The highest BCUT2D eigenvalue weighted by Gasteiger charge is 2.28. The van der Waals surface area contributed by atoms with E-state index in [0.29, 0.717) is 15.5 Å². The number of carbonyl (C=O) groups excluding carboxylic acids is 2. The number of cyclic esters (lactones) is 1. The molecule has 1 aromatic heterocycles. The number of para-hydroxylation sites is 1. The lowest BCUT2D eigenvalue weighted by atomic mass is 10.1. The third kappa shape index (κ3) is 4.49. The average Bonchev–Trinajstić information content (AvgIpc) is 3.39. The summed E-state index contributed by atoms with van der Waals surface area (Å²) < 4.78 is 11.8. The maximum Gasteiger partial charge on any atom is 0.363 e. The molecule has 0 bridgehead atoms. The minimum Gasteiger partial charge on any atom is -0.422 e. The predicted octanol–water partition coefficient (Wildman–Crippen LogP) is 6.34. The third-order valence-corrected chi connectivity index (χ3v) is 6.97. The summed E-state index contributed by atoms with van der Waals surface area (Å²) in [5.41, 5.74) is 1.52. The van der Waals surface area contributed by atoms with Crippen LogP contribution in [-0.4, -0.2) is 22.8 Å². The fourth-order valence-electron chi connectivity index (χ4n) is 3.53. The van der Waals surface area contributed by atoms with E-state index in [4.69, 9.17) is 21.1 Å². The molecule has 0 radical (unpaired) electrons. The first-order chi connectivity index (χ1) is 17.3. The molecule has 36 heavy (non-hydrogen) atoms. The summed E-state index contributed by atoms with van der Waals surface area (Å²) in [6.45, 7) is 1.98. The molecular formula is C26H15ClN2O6S. The van der Waals surface area contributed by atoms with E-state index in [1.165, 1.54) is 41.7 Å². The van der Waals surface area contributed by atoms with E-state index >= 15 is 0 Å². The van der Waals surface area contributed by atoms with Crippen molar-refractivity contribution in [2.24, 2.45) is 4.99 Å². The molecule has 178 valence electrons. The second-order valence-corrected chi connectivity index (χ2v) is 9.24. The molecule has 0 amide bonds. The Morgan fingerprint density at radius 1 is 1.14 bits per heavy atom. The number of rotatable bonds is 5. The third-order valence-electron chi connectivity index (χ3n) is 5.33. The van der Waals surface area contributed by atoms with E-state index in [0.717, 1.165) is 15.6 Å². The van der Waals surface area contributed by atoms with Gasteiger partial charge in [-0.2, -0.15) is 0 Å². The van der Waals surface area contributed by atoms with Crippen molar-refractivity contribution in [1.29, 1.82) is 0 Å². The maximum atomic E-state index is 12.6. The van der Waals surface area contributed by atoms with Crippen LogP contribution in [0.15, 0.2) is 77.4 Å². The molecule has 3 aromatic carbocycles. The molecule has 2 heterocycles. The number of hydrogen-bond donors (Lipinski definition) is 0. The van der Waals surface area contributed by atoms with Gasteiger partial charge in [0.05, 0.1) is 15.5 Å². The van der Waals surface area contributed by atoms with Crippen molar-refractivity contribution in [3.63, 3.8) is 0 Å². The number of thiophene rings is 1. The number of fused-ring (bicyclic) bond motifs is 1. The number of non-ortho nitro benzene ring substituents is 1. The first-order valence-corrected chi connectivity index (χ1v) is 11.8. The molecular weight excluding hydrogens is 504 g/mol. The van der Waals surface area contributed by atoms with Gasteiger partial charge in [0.2, 0.25) is 5.90 Å². The summed E-state index contributed by atoms with van der Waals surface area (Å²) in [6.07, 6.45) is 1.46. The highest BCUT2D eigenvalue weighted by atomic mass is 35.5. The fraction of sp³-hybridized carbons (Fsp3) is 0.0385. The predicted molar refractivity (Wildman–Crippen MR) is 137 cm³/mol. The summed E-state index contributed by atoms with van der Waals surface area (Å²) in [5.74, 6) is -1.08. The average molecular weight is 519 g/mol. The number of nitro benzene ring substituents is 1. The van der Waals surface area contributed by atoms with Crippen molar-refractivity contribution < 1.29 is 24.0 Å². The van der Waals surface area contributed by atoms with Crippen LogP contribution in [0.2, 0.25) is 5.02 Å². The number of aliphatic imine (C=N–C) groups is 1. The molecule has 8 nitrogen and oxygen atoms in total. The number of ether oxygens (including phenoxy) is 2. The van der Waals surface area contributed by atoms with Crippen LogP contribution in [0.4, 0.5) is 5.69 Å². The SMILES string of the molecule is Cc1ccc2c(Cl)c(C3=N/C(=C/c4ccccc4OC(=O)c4ccc([N+](=O)[O-])cc4)C(=O)O3)sc2c1. The standard InChI is InChI=1S/C26H15ClN2O6S/c1-14-6-11-18-21(12-14)36-23(22(18)27)24-28-19(26(31)35-24)13-16-4-2-3-5-20(16)34-25(30)15-7-9-17(10-8-15)29(32)33/h2-13H,1H3/b19-13+. The molecule has 1 aliphatic heterocycles. The van der Waals surface area contributed by atoms with Gasteiger partial charge < -0.3 is 9.47 Å². The van der Waals surface area contributed by atoms with Gasteiger partial charge in [-0.3, -0.25) is 10.1 Å². The lowest BCUT2D eigenvalue weighted by Crippen LogP contribution is -2.09.